The van der Waals surface area contributed by atoms with Crippen LogP contribution in [0.1, 0.15) is 66.2 Å². The van der Waals surface area contributed by atoms with Crippen molar-refractivity contribution in [2.45, 2.75) is 84.0 Å². The molecular weight excluding hydrogens is 572 g/mol. The number of ketones is 1. The monoisotopic (exact) mass is 620 g/mol. The molecule has 2 bridgehead atoms. The van der Waals surface area contributed by atoms with Crippen molar-refractivity contribution in [1.29, 1.82) is 0 Å². The molecule has 0 radical (unpaired) electrons. The summed E-state index contributed by atoms with van der Waals surface area (Å²) in [6, 6.07) is 0. The van der Waals surface area contributed by atoms with Crippen LogP contribution in [0.2, 0.25) is 0 Å². The molecule has 1 aliphatic heterocycles. The number of carbonyl (C=O) groups is 4. The molecule has 4 aliphatic carbocycles. The van der Waals surface area contributed by atoms with Crippen molar-refractivity contribution < 1.29 is 53.4 Å². The first kappa shape index (κ1) is 33.0. The molecule has 5 aliphatic rings. The van der Waals surface area contributed by atoms with Crippen molar-refractivity contribution >= 4 is 23.7 Å². The number of aliphatic hydroxyl groups excluding tert-OH is 1. The quantitative estimate of drug-likeness (QED) is 0.307. The van der Waals surface area contributed by atoms with Gasteiger partial charge in [-0.05, 0) is 74.2 Å². The predicted molar refractivity (Wildman–Crippen MR) is 155 cm³/mol. The Morgan fingerprint density at radius 3 is 2.48 bits per heavy atom. The van der Waals surface area contributed by atoms with E-state index in [1.165, 1.54) is 13.8 Å². The van der Waals surface area contributed by atoms with E-state index in [9.17, 15) is 34.5 Å². The zero-order chi connectivity index (χ0) is 32.0. The predicted octanol–water partition coefficient (Wildman–Crippen LogP) is 2.55. The van der Waals surface area contributed by atoms with Crippen LogP contribution in [-0.2, 0) is 38.1 Å². The van der Waals surface area contributed by atoms with Gasteiger partial charge in [-0.15, -0.1) is 0 Å². The molecule has 3 saturated carbocycles. The first-order chi connectivity index (χ1) is 20.8. The molecule has 3 N–H and O–H groups in total. The van der Waals surface area contributed by atoms with Crippen LogP contribution in [0.25, 0.3) is 0 Å². The second-order valence-corrected chi connectivity index (χ2v) is 14.4. The molecule has 11 heteroatoms. The van der Waals surface area contributed by atoms with E-state index in [2.05, 4.69) is 13.8 Å². The van der Waals surface area contributed by atoms with E-state index in [1.54, 1.807) is 6.08 Å². The van der Waals surface area contributed by atoms with E-state index in [4.69, 9.17) is 18.9 Å². The average molecular weight is 621 g/mol. The maximum Gasteiger partial charge on any atom is 0.307 e. The Morgan fingerprint density at radius 1 is 1.09 bits per heavy atom. The summed E-state index contributed by atoms with van der Waals surface area (Å²) in [4.78, 5) is 50.2. The molecule has 44 heavy (non-hydrogen) atoms. The number of ether oxygens (including phenoxy) is 4. The molecule has 0 aromatic rings. The van der Waals surface area contributed by atoms with Gasteiger partial charge in [0, 0.05) is 31.1 Å². The van der Waals surface area contributed by atoms with Gasteiger partial charge in [0.15, 0.2) is 5.78 Å². The highest BCUT2D eigenvalue weighted by molar-refractivity contribution is 5.97. The average Bonchev–Trinajstić information content (AvgIpc) is 2.94. The Morgan fingerprint density at radius 2 is 1.84 bits per heavy atom. The molecule has 4 fully saturated rings. The highest BCUT2D eigenvalue weighted by atomic mass is 16.6. The van der Waals surface area contributed by atoms with Gasteiger partial charge in [-0.1, -0.05) is 19.4 Å². The van der Waals surface area contributed by atoms with Crippen LogP contribution in [0.5, 0.6) is 0 Å². The van der Waals surface area contributed by atoms with Crippen molar-refractivity contribution in [3.8, 4) is 0 Å². The molecule has 0 amide bonds. The van der Waals surface area contributed by atoms with Gasteiger partial charge in [0.25, 0.3) is 0 Å². The van der Waals surface area contributed by atoms with Gasteiger partial charge in [0.1, 0.15) is 18.3 Å². The number of hydrogen-bond acceptors (Lipinski definition) is 10. The Kier molecular flexibility index (Phi) is 9.62. The highest BCUT2D eigenvalue weighted by Crippen LogP contribution is 2.64. The second-order valence-electron chi connectivity index (χ2n) is 14.4. The zero-order valence-electron chi connectivity index (χ0n) is 26.2. The number of aliphatic carboxylic acids is 1. The van der Waals surface area contributed by atoms with Crippen LogP contribution < -0.4 is 0 Å². The Bertz CT molecular complexity index is 1160. The normalized spacial score (nSPS) is 39.2. The zero-order valence-corrected chi connectivity index (χ0v) is 26.2. The molecule has 11 atom stereocenters. The third-order valence-electron chi connectivity index (χ3n) is 11.1. The van der Waals surface area contributed by atoms with E-state index in [0.29, 0.717) is 25.6 Å². The summed E-state index contributed by atoms with van der Waals surface area (Å²) in [5.74, 6) is -3.15. The van der Waals surface area contributed by atoms with Gasteiger partial charge in [-0.2, -0.15) is 0 Å². The summed E-state index contributed by atoms with van der Waals surface area (Å²) in [7, 11) is 0. The molecule has 1 saturated heterocycles. The van der Waals surface area contributed by atoms with Crippen molar-refractivity contribution in [1.82, 2.24) is 0 Å². The summed E-state index contributed by atoms with van der Waals surface area (Å²) in [5, 5.41) is 31.0. The van der Waals surface area contributed by atoms with E-state index in [-0.39, 0.29) is 42.0 Å². The number of carbonyl (C=O) groups excluding carboxylic acids is 3. The topological polar surface area (TPSA) is 166 Å². The van der Waals surface area contributed by atoms with Crippen LogP contribution in [0.15, 0.2) is 11.6 Å². The molecule has 11 nitrogen and oxygen atoms in total. The van der Waals surface area contributed by atoms with E-state index in [0.717, 1.165) is 37.7 Å². The molecule has 8 unspecified atom stereocenters. The Hall–Kier alpha value is -2.34. The van der Waals surface area contributed by atoms with Crippen molar-refractivity contribution in [2.75, 3.05) is 33.0 Å². The number of rotatable bonds is 10. The third-order valence-corrected chi connectivity index (χ3v) is 11.1. The van der Waals surface area contributed by atoms with Gasteiger partial charge < -0.3 is 34.3 Å². The first-order valence-electron chi connectivity index (χ1n) is 16.1. The molecule has 1 heterocycles. The number of carboxylic acids is 1. The molecule has 5 rings (SSSR count). The lowest BCUT2D eigenvalue weighted by molar-refractivity contribution is -0.237. The van der Waals surface area contributed by atoms with Crippen molar-refractivity contribution in [3.05, 3.63) is 11.6 Å². The standard InChI is InChI=1S/C33H48O11/c1-17(2)9-20-5-6-22-21-7-8-24-23-12-41-16-33(24,25(21)10-26(37)29(22)28(20)31(38)39)11-27(44-19(4)36)30(23)43-15-32(40,13-34)14-42-18(3)35/h10,17,20-24,27-30,34,40H,5-9,11-16H2,1-4H3,(H,38,39)/t20?,21?,22?,23?,24?,27-,28?,29?,30-,32?,33-/m1/s1. The van der Waals surface area contributed by atoms with Gasteiger partial charge in [0.2, 0.25) is 0 Å². The number of allylic oxidation sites excluding steroid dienone is 1. The van der Waals surface area contributed by atoms with E-state index < -0.39 is 66.2 Å². The van der Waals surface area contributed by atoms with Crippen molar-refractivity contribution in [3.63, 3.8) is 0 Å². The lowest BCUT2D eigenvalue weighted by atomic mass is 9.45. The summed E-state index contributed by atoms with van der Waals surface area (Å²) in [5.41, 5.74) is -1.39. The van der Waals surface area contributed by atoms with E-state index >= 15 is 0 Å². The summed E-state index contributed by atoms with van der Waals surface area (Å²) >= 11 is 0. The number of esters is 2. The molecule has 246 valence electrons. The maximum absolute atomic E-state index is 14.0. The fourth-order valence-corrected chi connectivity index (χ4v) is 9.59. The SMILES string of the molecule is CC(=O)OCC(O)(CO)CO[C@@H]1C2COC[C@@]3(C[C@H]1OC(C)=O)C1=CC(=O)C4C(CCC(CC(C)C)C4C(=O)O)C1CCC23. The minimum absolute atomic E-state index is 0.0242. The summed E-state index contributed by atoms with van der Waals surface area (Å²) in [6.07, 6.45) is 4.77. The fourth-order valence-electron chi connectivity index (χ4n) is 9.59. The molecule has 0 aromatic heterocycles. The Labute approximate surface area is 258 Å². The maximum atomic E-state index is 14.0. The lowest BCUT2D eigenvalue weighted by Crippen LogP contribution is -2.65. The molecule has 0 aromatic carbocycles. The summed E-state index contributed by atoms with van der Waals surface area (Å²) < 4.78 is 23.2. The second kappa shape index (κ2) is 12.8. The van der Waals surface area contributed by atoms with E-state index in [1.807, 2.05) is 0 Å². The van der Waals surface area contributed by atoms with Gasteiger partial charge in [0.05, 0.1) is 38.4 Å². The first-order valence-corrected chi connectivity index (χ1v) is 16.1. The largest absolute Gasteiger partial charge is 0.481 e. The molecule has 0 spiro atoms. The van der Waals surface area contributed by atoms with Crippen LogP contribution in [0.3, 0.4) is 0 Å². The van der Waals surface area contributed by atoms with Crippen LogP contribution >= 0.6 is 0 Å². The lowest BCUT2D eigenvalue weighted by Gasteiger charge is -2.63. The fraction of sp³-hybridized carbons (Fsp3) is 0.818. The number of aliphatic hydroxyl groups is 2. The third kappa shape index (κ3) is 6.09. The Balaban J connectivity index is 1.45. The smallest absolute Gasteiger partial charge is 0.307 e. The molecular formula is C33H48O11. The van der Waals surface area contributed by atoms with Gasteiger partial charge >= 0.3 is 17.9 Å². The number of hydrogen-bond donors (Lipinski definition) is 3. The van der Waals surface area contributed by atoms with Crippen LogP contribution in [0, 0.1) is 52.8 Å². The van der Waals surface area contributed by atoms with Crippen molar-refractivity contribution in [2.24, 2.45) is 52.8 Å². The van der Waals surface area contributed by atoms with Crippen LogP contribution in [0.4, 0.5) is 0 Å². The number of carboxylic acid groups (broad SMARTS) is 1. The van der Waals surface area contributed by atoms with Crippen LogP contribution in [-0.4, -0.2) is 89.9 Å². The highest BCUT2D eigenvalue weighted by Gasteiger charge is 2.64. The minimum atomic E-state index is -1.84. The number of fused-ring (bicyclic) bond motifs is 3. The summed E-state index contributed by atoms with van der Waals surface area (Å²) in [6.45, 7) is 5.93. The minimum Gasteiger partial charge on any atom is -0.481 e. The van der Waals surface area contributed by atoms with Gasteiger partial charge in [-0.25, -0.2) is 0 Å². The van der Waals surface area contributed by atoms with Gasteiger partial charge in [-0.3, -0.25) is 19.2 Å².